The second kappa shape index (κ2) is 10.7. The highest BCUT2D eigenvalue weighted by Gasteiger charge is 2.27. The Kier molecular flexibility index (Phi) is 7.43. The van der Waals surface area contributed by atoms with Crippen molar-refractivity contribution in [1.82, 2.24) is 4.98 Å². The summed E-state index contributed by atoms with van der Waals surface area (Å²) >= 11 is 1.47. The molecule has 0 bridgehead atoms. The van der Waals surface area contributed by atoms with Crippen molar-refractivity contribution in [3.63, 3.8) is 0 Å². The normalized spacial score (nSPS) is 11.9. The average Bonchev–Trinajstić information content (AvgIpc) is 3.34. The lowest BCUT2D eigenvalue weighted by Gasteiger charge is -2.24. The standard InChI is InChI=1S/C29H30N2O2S/c1-20(2)18-22-10-12-23(13-11-22)21(3)28(32)31(25-8-6-5-7-9-25)29-30-27(19-34-29)24-14-16-26(33-4)17-15-24/h5-17,19-21H,18H2,1-4H3. The molecule has 1 atom stereocenters. The van der Waals surface area contributed by atoms with Crippen molar-refractivity contribution < 1.29 is 9.53 Å². The first kappa shape index (κ1) is 23.7. The molecule has 34 heavy (non-hydrogen) atoms. The van der Waals surface area contributed by atoms with Crippen LogP contribution in [-0.4, -0.2) is 18.0 Å². The zero-order chi connectivity index (χ0) is 24.1. The summed E-state index contributed by atoms with van der Waals surface area (Å²) in [5, 5.41) is 2.65. The van der Waals surface area contributed by atoms with E-state index >= 15 is 0 Å². The van der Waals surface area contributed by atoms with E-state index in [2.05, 4.69) is 38.1 Å². The zero-order valence-electron chi connectivity index (χ0n) is 20.1. The molecule has 4 nitrogen and oxygen atoms in total. The molecule has 3 aromatic carbocycles. The topological polar surface area (TPSA) is 42.4 Å². The van der Waals surface area contributed by atoms with Gasteiger partial charge in [-0.3, -0.25) is 9.69 Å². The highest BCUT2D eigenvalue weighted by Crippen LogP contribution is 2.35. The van der Waals surface area contributed by atoms with Gasteiger partial charge < -0.3 is 4.74 Å². The fourth-order valence-electron chi connectivity index (χ4n) is 3.92. The molecule has 174 valence electrons. The quantitative estimate of drug-likeness (QED) is 0.268. The fraction of sp³-hybridized carbons (Fsp3) is 0.241. The molecular weight excluding hydrogens is 440 g/mol. The average molecular weight is 471 g/mol. The maximum absolute atomic E-state index is 13.8. The van der Waals surface area contributed by atoms with Crippen LogP contribution in [0.4, 0.5) is 10.8 Å². The van der Waals surface area contributed by atoms with Crippen molar-refractivity contribution in [3.05, 3.63) is 95.4 Å². The Morgan fingerprint density at radius 2 is 1.62 bits per heavy atom. The van der Waals surface area contributed by atoms with Crippen molar-refractivity contribution >= 4 is 28.1 Å². The number of amides is 1. The van der Waals surface area contributed by atoms with E-state index in [9.17, 15) is 4.79 Å². The number of hydrogen-bond acceptors (Lipinski definition) is 4. The smallest absolute Gasteiger partial charge is 0.240 e. The Hall–Kier alpha value is -3.44. The lowest BCUT2D eigenvalue weighted by atomic mass is 9.96. The molecule has 1 heterocycles. The monoisotopic (exact) mass is 470 g/mol. The number of benzene rings is 3. The number of rotatable bonds is 8. The van der Waals surface area contributed by atoms with Crippen LogP contribution in [0.1, 0.15) is 37.8 Å². The summed E-state index contributed by atoms with van der Waals surface area (Å²) in [5.74, 6) is 1.09. The van der Waals surface area contributed by atoms with E-state index in [-0.39, 0.29) is 11.8 Å². The van der Waals surface area contributed by atoms with E-state index in [0.29, 0.717) is 11.0 Å². The Bertz CT molecular complexity index is 1220. The molecule has 1 aromatic heterocycles. The molecule has 1 amide bonds. The lowest BCUT2D eigenvalue weighted by Crippen LogP contribution is -2.30. The Balaban J connectivity index is 1.64. The number of carbonyl (C=O) groups is 1. The van der Waals surface area contributed by atoms with Gasteiger partial charge in [0.25, 0.3) is 0 Å². The van der Waals surface area contributed by atoms with Crippen LogP contribution in [0.2, 0.25) is 0 Å². The molecule has 0 saturated heterocycles. The zero-order valence-corrected chi connectivity index (χ0v) is 20.9. The Morgan fingerprint density at radius 3 is 2.24 bits per heavy atom. The molecule has 0 saturated carbocycles. The maximum atomic E-state index is 13.8. The maximum Gasteiger partial charge on any atom is 0.240 e. The van der Waals surface area contributed by atoms with Crippen LogP contribution in [0.3, 0.4) is 0 Å². The fourth-order valence-corrected chi connectivity index (χ4v) is 4.78. The van der Waals surface area contributed by atoms with Crippen LogP contribution in [0, 0.1) is 5.92 Å². The summed E-state index contributed by atoms with van der Waals surface area (Å²) < 4.78 is 5.26. The van der Waals surface area contributed by atoms with E-state index in [1.54, 1.807) is 12.0 Å². The minimum absolute atomic E-state index is 0.00144. The minimum Gasteiger partial charge on any atom is -0.497 e. The summed E-state index contributed by atoms with van der Waals surface area (Å²) in [6, 6.07) is 26.0. The SMILES string of the molecule is COc1ccc(-c2csc(N(C(=O)C(C)c3ccc(CC(C)C)cc3)c3ccccc3)n2)cc1. The molecule has 5 heteroatoms. The second-order valence-corrected chi connectivity index (χ2v) is 9.65. The van der Waals surface area contributed by atoms with Gasteiger partial charge in [-0.05, 0) is 66.8 Å². The van der Waals surface area contributed by atoms with E-state index in [0.717, 1.165) is 34.7 Å². The third kappa shape index (κ3) is 5.37. The third-order valence-electron chi connectivity index (χ3n) is 5.80. The molecule has 0 aliphatic carbocycles. The highest BCUT2D eigenvalue weighted by molar-refractivity contribution is 7.14. The van der Waals surface area contributed by atoms with E-state index in [1.807, 2.05) is 66.9 Å². The van der Waals surface area contributed by atoms with Gasteiger partial charge in [0.15, 0.2) is 5.13 Å². The van der Waals surface area contributed by atoms with Gasteiger partial charge in [-0.25, -0.2) is 4.98 Å². The number of nitrogens with zero attached hydrogens (tertiary/aromatic N) is 2. The number of hydrogen-bond donors (Lipinski definition) is 0. The molecule has 4 aromatic rings. The van der Waals surface area contributed by atoms with Gasteiger partial charge in [-0.15, -0.1) is 11.3 Å². The first-order chi connectivity index (χ1) is 16.5. The summed E-state index contributed by atoms with van der Waals surface area (Å²) in [7, 11) is 1.65. The van der Waals surface area contributed by atoms with Crippen LogP contribution in [-0.2, 0) is 11.2 Å². The molecule has 0 spiro atoms. The van der Waals surface area contributed by atoms with E-state index in [1.165, 1.54) is 16.9 Å². The number of ether oxygens (including phenoxy) is 1. The van der Waals surface area contributed by atoms with Crippen LogP contribution >= 0.6 is 11.3 Å². The van der Waals surface area contributed by atoms with Gasteiger partial charge >= 0.3 is 0 Å². The second-order valence-electron chi connectivity index (χ2n) is 8.81. The van der Waals surface area contributed by atoms with E-state index in [4.69, 9.17) is 9.72 Å². The largest absolute Gasteiger partial charge is 0.497 e. The van der Waals surface area contributed by atoms with Crippen molar-refractivity contribution in [2.24, 2.45) is 5.92 Å². The molecule has 0 radical (unpaired) electrons. The minimum atomic E-state index is -0.304. The number of para-hydroxylation sites is 1. The molecule has 0 N–H and O–H groups in total. The van der Waals surface area contributed by atoms with Gasteiger partial charge in [-0.2, -0.15) is 0 Å². The number of thiazole rings is 1. The van der Waals surface area contributed by atoms with Crippen LogP contribution in [0.15, 0.2) is 84.2 Å². The predicted molar refractivity (Wildman–Crippen MR) is 141 cm³/mol. The van der Waals surface area contributed by atoms with Gasteiger partial charge in [0.1, 0.15) is 5.75 Å². The Labute approximate surface area is 205 Å². The van der Waals surface area contributed by atoms with Crippen molar-refractivity contribution in [2.75, 3.05) is 12.0 Å². The summed E-state index contributed by atoms with van der Waals surface area (Å²) in [5.41, 5.74) is 4.93. The lowest BCUT2D eigenvalue weighted by molar-refractivity contribution is -0.119. The molecular formula is C29H30N2O2S. The van der Waals surface area contributed by atoms with Crippen molar-refractivity contribution in [2.45, 2.75) is 33.1 Å². The summed E-state index contributed by atoms with van der Waals surface area (Å²) in [6.07, 6.45) is 1.03. The third-order valence-corrected chi connectivity index (χ3v) is 6.62. The number of anilines is 2. The molecule has 4 rings (SSSR count). The molecule has 0 fully saturated rings. The number of methoxy groups -OCH3 is 1. The van der Waals surface area contributed by atoms with Crippen LogP contribution in [0.25, 0.3) is 11.3 Å². The summed E-state index contributed by atoms with van der Waals surface area (Å²) in [4.78, 5) is 20.4. The van der Waals surface area contributed by atoms with Crippen LogP contribution in [0.5, 0.6) is 5.75 Å². The molecule has 0 aliphatic rings. The van der Waals surface area contributed by atoms with Crippen LogP contribution < -0.4 is 9.64 Å². The van der Waals surface area contributed by atoms with E-state index < -0.39 is 0 Å². The predicted octanol–water partition coefficient (Wildman–Crippen LogP) is 7.49. The molecule has 0 aliphatic heterocycles. The number of aromatic nitrogens is 1. The Morgan fingerprint density at radius 1 is 0.941 bits per heavy atom. The summed E-state index contributed by atoms with van der Waals surface area (Å²) in [6.45, 7) is 6.39. The van der Waals surface area contributed by atoms with Gasteiger partial charge in [0, 0.05) is 10.9 Å². The molecule has 1 unspecified atom stereocenters. The highest BCUT2D eigenvalue weighted by atomic mass is 32.1. The van der Waals surface area contributed by atoms with Crippen molar-refractivity contribution in [3.8, 4) is 17.0 Å². The van der Waals surface area contributed by atoms with Gasteiger partial charge in [0.2, 0.25) is 5.91 Å². The van der Waals surface area contributed by atoms with Gasteiger partial charge in [0.05, 0.1) is 24.4 Å². The first-order valence-corrected chi connectivity index (χ1v) is 12.4. The van der Waals surface area contributed by atoms with Crippen molar-refractivity contribution in [1.29, 1.82) is 0 Å². The van der Waals surface area contributed by atoms with Gasteiger partial charge in [-0.1, -0.05) is 56.3 Å². The number of carbonyl (C=O) groups excluding carboxylic acids is 1. The first-order valence-electron chi connectivity index (χ1n) is 11.5.